The van der Waals surface area contributed by atoms with Crippen LogP contribution >= 0.6 is 0 Å². The molecule has 0 heterocycles. The number of hydrogen-bond donors (Lipinski definition) is 0. The van der Waals surface area contributed by atoms with Crippen molar-refractivity contribution in [2.75, 3.05) is 0 Å². The molecule has 2 bridgehead atoms. The zero-order valence-corrected chi connectivity index (χ0v) is 8.02. The maximum Gasteiger partial charge on any atom is 0.335 e. The number of fused-ring (bicyclic) bond motifs is 2. The number of rotatable bonds is 0. The first-order valence-electron chi connectivity index (χ1n) is 4.68. The van der Waals surface area contributed by atoms with E-state index in [9.17, 15) is 5.26 Å². The van der Waals surface area contributed by atoms with Gasteiger partial charge in [0, 0.05) is 0 Å². The molecule has 68 valence electrons. The summed E-state index contributed by atoms with van der Waals surface area (Å²) in [6.07, 6.45) is 3.28. The largest absolute Gasteiger partial charge is 0.463 e. The molecule has 2 rings (SSSR count). The minimum Gasteiger partial charge on any atom is -0.463 e. The predicted octanol–water partition coefficient (Wildman–Crippen LogP) is 1.21. The fourth-order valence-corrected chi connectivity index (χ4v) is 3.03. The molecule has 0 aromatic carbocycles. The third kappa shape index (κ3) is 0.644. The van der Waals surface area contributed by atoms with Gasteiger partial charge < -0.3 is 5.26 Å². The Morgan fingerprint density at radius 3 is 2.33 bits per heavy atom. The van der Waals surface area contributed by atoms with Crippen LogP contribution in [-0.2, 0) is 4.58 Å². The van der Waals surface area contributed by atoms with E-state index in [0.29, 0.717) is 5.92 Å². The van der Waals surface area contributed by atoms with Gasteiger partial charge in [-0.15, -0.1) is 0 Å². The van der Waals surface area contributed by atoms with Crippen LogP contribution in [0, 0.1) is 16.7 Å². The molecule has 2 heteroatoms. The number of ketones is 1. The highest BCUT2D eigenvalue weighted by Crippen LogP contribution is 2.63. The fraction of sp³-hybridized carbons (Fsp3) is 0.900. The van der Waals surface area contributed by atoms with Crippen LogP contribution in [-0.4, -0.2) is 5.78 Å². The van der Waals surface area contributed by atoms with Crippen LogP contribution in [0.1, 0.15) is 40.0 Å². The molecule has 2 atom stereocenters. The summed E-state index contributed by atoms with van der Waals surface area (Å²) in [5, 5.41) is 10.5. The smallest absolute Gasteiger partial charge is 0.335 e. The van der Waals surface area contributed by atoms with Crippen LogP contribution in [0.25, 0.3) is 0 Å². The molecule has 2 aliphatic carbocycles. The van der Waals surface area contributed by atoms with Gasteiger partial charge >= 0.3 is 5.78 Å². The minimum atomic E-state index is 0.0550. The summed E-state index contributed by atoms with van der Waals surface area (Å²) in [5.74, 6) is 1.47. The lowest BCUT2D eigenvalue weighted by atomic mass is 9.70. The minimum absolute atomic E-state index is 0.0550. The third-order valence-corrected chi connectivity index (χ3v) is 4.58. The molecule has 12 heavy (non-hydrogen) atoms. The van der Waals surface area contributed by atoms with Crippen molar-refractivity contribution < 1.29 is 9.83 Å². The molecule has 0 saturated heterocycles. The number of hydrogen-bond acceptors (Lipinski definition) is 1. The lowest BCUT2D eigenvalue weighted by molar-refractivity contribution is -1.05. The molecule has 0 radical (unpaired) electrons. The summed E-state index contributed by atoms with van der Waals surface area (Å²) >= 11 is 0. The Kier molecular flexibility index (Phi) is 1.37. The van der Waals surface area contributed by atoms with Crippen LogP contribution in [0.4, 0.5) is 0 Å². The van der Waals surface area contributed by atoms with Gasteiger partial charge in [0.1, 0.15) is 0 Å². The van der Waals surface area contributed by atoms with Crippen molar-refractivity contribution in [2.45, 2.75) is 40.0 Å². The Labute approximate surface area is 73.2 Å². The van der Waals surface area contributed by atoms with E-state index < -0.39 is 0 Å². The molecule has 0 N–H and O–H groups in total. The van der Waals surface area contributed by atoms with Crippen molar-refractivity contribution in [3.63, 3.8) is 0 Å². The van der Waals surface area contributed by atoms with Crippen LogP contribution in [0.3, 0.4) is 0 Å². The van der Waals surface area contributed by atoms with Crippen LogP contribution < -0.4 is 5.26 Å². The maximum atomic E-state index is 10.5. The molecule has 2 unspecified atom stereocenters. The Morgan fingerprint density at radius 2 is 2.08 bits per heavy atom. The van der Waals surface area contributed by atoms with E-state index in [2.05, 4.69) is 25.3 Å². The molecule has 2 aliphatic rings. The van der Waals surface area contributed by atoms with Gasteiger partial charge in [-0.25, -0.2) is 0 Å². The van der Waals surface area contributed by atoms with Crippen molar-refractivity contribution in [2.24, 2.45) is 16.7 Å². The van der Waals surface area contributed by atoms with Crippen molar-refractivity contribution in [1.29, 1.82) is 0 Å². The van der Waals surface area contributed by atoms with E-state index in [-0.39, 0.29) is 10.8 Å². The van der Waals surface area contributed by atoms with E-state index in [1.807, 2.05) is 0 Å². The zero-order chi connectivity index (χ0) is 8.98. The second kappa shape index (κ2) is 2.04. The van der Waals surface area contributed by atoms with Gasteiger partial charge in [0.15, 0.2) is 0 Å². The van der Waals surface area contributed by atoms with Crippen molar-refractivity contribution in [3.8, 4) is 0 Å². The van der Waals surface area contributed by atoms with Crippen molar-refractivity contribution in [1.82, 2.24) is 0 Å². The second-order valence-corrected chi connectivity index (χ2v) is 5.00. The van der Waals surface area contributed by atoms with Gasteiger partial charge in [-0.3, -0.25) is 0 Å². The summed E-state index contributed by atoms with van der Waals surface area (Å²) in [5.41, 5.74) is 0.326. The zero-order valence-electron chi connectivity index (χ0n) is 8.02. The van der Waals surface area contributed by atoms with Gasteiger partial charge in [0.2, 0.25) is 0 Å². The molecule has 0 spiro atoms. The predicted molar refractivity (Wildman–Crippen MR) is 44.2 cm³/mol. The van der Waals surface area contributed by atoms with Gasteiger partial charge in [-0.1, -0.05) is 13.8 Å². The van der Waals surface area contributed by atoms with E-state index in [4.69, 9.17) is 0 Å². The first-order valence-corrected chi connectivity index (χ1v) is 4.68. The molecule has 0 aromatic heterocycles. The normalized spacial score (nSPS) is 47.2. The highest BCUT2D eigenvalue weighted by molar-refractivity contribution is 5.89. The molecular weight excluding hydrogens is 152 g/mol. The molecule has 2 nitrogen and oxygen atoms in total. The molecular formula is C10H16O2. The maximum absolute atomic E-state index is 10.5. The molecule has 2 fully saturated rings. The summed E-state index contributed by atoms with van der Waals surface area (Å²) < 4.78 is 4.25. The van der Waals surface area contributed by atoms with E-state index in [0.717, 1.165) is 18.6 Å². The van der Waals surface area contributed by atoms with E-state index >= 15 is 0 Å². The van der Waals surface area contributed by atoms with Gasteiger partial charge in [0.25, 0.3) is 0 Å². The first-order chi connectivity index (χ1) is 5.52. The monoisotopic (exact) mass is 168 g/mol. The Hall–Kier alpha value is -0.530. The Morgan fingerprint density at radius 1 is 1.42 bits per heavy atom. The average Bonchev–Trinajstić information content (AvgIpc) is 2.34. The molecule has 0 amide bonds. The van der Waals surface area contributed by atoms with E-state index in [1.54, 1.807) is 0 Å². The average molecular weight is 168 g/mol. The summed E-state index contributed by atoms with van der Waals surface area (Å²) in [6.45, 7) is 6.70. The van der Waals surface area contributed by atoms with Crippen molar-refractivity contribution in [3.05, 3.63) is 0 Å². The van der Waals surface area contributed by atoms with Gasteiger partial charge in [-0.05, 0) is 31.1 Å². The molecule has 0 aliphatic heterocycles. The first kappa shape index (κ1) is 8.09. The standard InChI is InChI=1S/C10H16O2/c1-9(2)7-4-5-10(9,3)8(6-7)12-11/h7H,4-6H2,1-3H3. The van der Waals surface area contributed by atoms with Gasteiger partial charge in [0.05, 0.1) is 11.8 Å². The van der Waals surface area contributed by atoms with Crippen LogP contribution in [0.2, 0.25) is 0 Å². The molecule has 0 aromatic rings. The summed E-state index contributed by atoms with van der Waals surface area (Å²) in [4.78, 5) is 0. The van der Waals surface area contributed by atoms with E-state index in [1.165, 1.54) is 6.42 Å². The quantitative estimate of drug-likeness (QED) is 0.304. The fourth-order valence-electron chi connectivity index (χ4n) is 3.03. The Balaban J connectivity index is 2.46. The van der Waals surface area contributed by atoms with Crippen LogP contribution in [0.5, 0.6) is 0 Å². The topological polar surface area (TPSA) is 34.4 Å². The number of carbonyl (C=O) groups excluding carboxylic acids is 1. The summed E-state index contributed by atoms with van der Waals surface area (Å²) in [7, 11) is 0. The highest BCUT2D eigenvalue weighted by Gasteiger charge is 2.65. The SMILES string of the molecule is CC12CCC(CC1=[O+][O-])C2(C)C. The van der Waals surface area contributed by atoms with Gasteiger partial charge in [-0.2, -0.15) is 4.58 Å². The summed E-state index contributed by atoms with van der Waals surface area (Å²) in [6, 6.07) is 0. The highest BCUT2D eigenvalue weighted by atomic mass is 17.1. The Bertz CT molecular complexity index is 242. The molecule has 2 saturated carbocycles. The van der Waals surface area contributed by atoms with Crippen LogP contribution in [0.15, 0.2) is 0 Å². The second-order valence-electron chi connectivity index (χ2n) is 5.00. The lowest BCUT2D eigenvalue weighted by Gasteiger charge is -2.29. The third-order valence-electron chi connectivity index (χ3n) is 4.58. The lowest BCUT2D eigenvalue weighted by Crippen LogP contribution is -2.34. The van der Waals surface area contributed by atoms with Crippen molar-refractivity contribution >= 4 is 5.78 Å².